The quantitative estimate of drug-likeness (QED) is 0.567. The average molecular weight is 465 g/mol. The standard InChI is InChI=1S/C23H20N4O5S/c28-18(24-16-7-3-4-8-17(16)26-9-11-32-12-10-26)13-27-22(30)20(33-23(27)31)19-14-5-1-2-6-15(14)25-21(19)29/h1-8,30H,9-13H2,(H,24,28). The van der Waals surface area contributed by atoms with Crippen molar-refractivity contribution in [2.24, 2.45) is 4.99 Å². The van der Waals surface area contributed by atoms with Gasteiger partial charge >= 0.3 is 4.87 Å². The number of thiazole rings is 1. The Bertz CT molecular complexity index is 1440. The van der Waals surface area contributed by atoms with Gasteiger partial charge < -0.3 is 20.1 Å². The molecule has 0 aliphatic carbocycles. The minimum Gasteiger partial charge on any atom is -0.493 e. The predicted octanol–water partition coefficient (Wildman–Crippen LogP) is 0.449. The van der Waals surface area contributed by atoms with E-state index < -0.39 is 29.1 Å². The van der Waals surface area contributed by atoms with Crippen molar-refractivity contribution >= 4 is 40.1 Å². The summed E-state index contributed by atoms with van der Waals surface area (Å²) in [5.41, 5.74) is 1.64. The smallest absolute Gasteiger partial charge is 0.311 e. The molecule has 9 nitrogen and oxygen atoms in total. The van der Waals surface area contributed by atoms with E-state index >= 15 is 0 Å². The average Bonchev–Trinajstić information content (AvgIpc) is 3.30. The molecule has 33 heavy (non-hydrogen) atoms. The third-order valence-electron chi connectivity index (χ3n) is 5.54. The first kappa shape index (κ1) is 21.1. The number of para-hydroxylation sites is 3. The number of aromatic hydroxyl groups is 1. The molecule has 0 unspecified atom stereocenters. The number of nitrogens with zero attached hydrogens (tertiary/aromatic N) is 3. The Morgan fingerprint density at radius 3 is 2.64 bits per heavy atom. The highest BCUT2D eigenvalue weighted by atomic mass is 32.1. The summed E-state index contributed by atoms with van der Waals surface area (Å²) in [7, 11) is 0. The highest BCUT2D eigenvalue weighted by molar-refractivity contribution is 7.11. The second-order valence-electron chi connectivity index (χ2n) is 7.58. The van der Waals surface area contributed by atoms with Crippen LogP contribution in [0.4, 0.5) is 11.4 Å². The third-order valence-corrected chi connectivity index (χ3v) is 6.52. The van der Waals surface area contributed by atoms with Crippen molar-refractivity contribution in [3.63, 3.8) is 0 Å². The van der Waals surface area contributed by atoms with Gasteiger partial charge in [-0.3, -0.25) is 19.0 Å². The van der Waals surface area contributed by atoms with E-state index in [0.717, 1.165) is 21.6 Å². The van der Waals surface area contributed by atoms with Crippen LogP contribution in [0.25, 0.3) is 5.57 Å². The van der Waals surface area contributed by atoms with Gasteiger partial charge in [0.1, 0.15) is 11.4 Å². The second-order valence-corrected chi connectivity index (χ2v) is 8.54. The molecular formula is C23H20N4O5S. The Morgan fingerprint density at radius 1 is 1.09 bits per heavy atom. The van der Waals surface area contributed by atoms with Gasteiger partial charge in [0, 0.05) is 18.3 Å². The first-order valence-electron chi connectivity index (χ1n) is 10.4. The molecule has 2 aliphatic rings. The molecule has 0 saturated carbocycles. The number of amides is 2. The topological polar surface area (TPSA) is 113 Å². The van der Waals surface area contributed by atoms with Gasteiger partial charge in [0.25, 0.3) is 5.91 Å². The summed E-state index contributed by atoms with van der Waals surface area (Å²) in [6, 6.07) is 14.3. The first-order valence-corrected chi connectivity index (χ1v) is 11.2. The van der Waals surface area contributed by atoms with Crippen LogP contribution in [0.5, 0.6) is 5.88 Å². The SMILES string of the molecule is O=C(Cn1c(O)c(C2=c3ccccc3=NC2=O)sc1=O)Nc1ccccc1N1CCOCC1. The molecule has 2 aliphatic heterocycles. The lowest BCUT2D eigenvalue weighted by Gasteiger charge is -2.30. The van der Waals surface area contributed by atoms with E-state index in [0.29, 0.717) is 42.6 Å². The van der Waals surface area contributed by atoms with Gasteiger partial charge in [0.2, 0.25) is 11.8 Å². The summed E-state index contributed by atoms with van der Waals surface area (Å²) < 4.78 is 6.36. The molecule has 3 heterocycles. The van der Waals surface area contributed by atoms with Crippen molar-refractivity contribution < 1.29 is 19.4 Å². The van der Waals surface area contributed by atoms with Crippen LogP contribution in [-0.4, -0.2) is 47.8 Å². The molecule has 0 bridgehead atoms. The van der Waals surface area contributed by atoms with Crippen LogP contribution in [0.2, 0.25) is 0 Å². The molecule has 1 saturated heterocycles. The van der Waals surface area contributed by atoms with Gasteiger partial charge in [-0.2, -0.15) is 0 Å². The fourth-order valence-corrected chi connectivity index (χ4v) is 4.91. The maximum absolute atomic E-state index is 12.8. The van der Waals surface area contributed by atoms with Crippen molar-refractivity contribution in [2.75, 3.05) is 36.5 Å². The highest BCUT2D eigenvalue weighted by Crippen LogP contribution is 2.29. The van der Waals surface area contributed by atoms with Crippen LogP contribution in [0.15, 0.2) is 58.3 Å². The van der Waals surface area contributed by atoms with Crippen LogP contribution in [0.1, 0.15) is 4.88 Å². The zero-order chi connectivity index (χ0) is 22.9. The molecule has 2 N–H and O–H groups in total. The molecule has 3 aromatic rings. The monoisotopic (exact) mass is 464 g/mol. The Morgan fingerprint density at radius 2 is 1.82 bits per heavy atom. The minimum absolute atomic E-state index is 0.111. The fraction of sp³-hybridized carbons (Fsp3) is 0.217. The van der Waals surface area contributed by atoms with Gasteiger partial charge in [-0.05, 0) is 18.2 Å². The lowest BCUT2D eigenvalue weighted by atomic mass is 10.1. The van der Waals surface area contributed by atoms with Crippen molar-refractivity contribution in [1.29, 1.82) is 0 Å². The summed E-state index contributed by atoms with van der Waals surface area (Å²) in [5, 5.41) is 14.6. The fourth-order valence-electron chi connectivity index (χ4n) is 3.97. The van der Waals surface area contributed by atoms with Gasteiger partial charge in [0.05, 0.1) is 35.5 Å². The lowest BCUT2D eigenvalue weighted by molar-refractivity contribution is -0.117. The molecule has 1 aromatic heterocycles. The number of hydrogen-bond donors (Lipinski definition) is 2. The van der Waals surface area contributed by atoms with Crippen molar-refractivity contribution in [1.82, 2.24) is 4.57 Å². The first-order chi connectivity index (χ1) is 16.0. The summed E-state index contributed by atoms with van der Waals surface area (Å²) >= 11 is 0.717. The summed E-state index contributed by atoms with van der Waals surface area (Å²) in [5.74, 6) is -1.41. The Hall–Kier alpha value is -3.76. The van der Waals surface area contributed by atoms with Crippen LogP contribution < -0.4 is 25.7 Å². The molecule has 2 aromatic carbocycles. The molecular weight excluding hydrogens is 444 g/mol. The van der Waals surface area contributed by atoms with Crippen LogP contribution >= 0.6 is 11.3 Å². The van der Waals surface area contributed by atoms with Crippen LogP contribution in [0, 0.1) is 0 Å². The Kier molecular flexibility index (Phi) is 5.53. The molecule has 0 atom stereocenters. The second kappa shape index (κ2) is 8.64. The number of nitrogens with one attached hydrogen (secondary N) is 1. The number of carbonyl (C=O) groups excluding carboxylic acids is 2. The minimum atomic E-state index is -0.538. The van der Waals surface area contributed by atoms with Gasteiger partial charge in [-0.1, -0.05) is 41.7 Å². The molecule has 10 heteroatoms. The van der Waals surface area contributed by atoms with E-state index in [-0.39, 0.29) is 10.5 Å². The number of hydrogen-bond acceptors (Lipinski definition) is 7. The van der Waals surface area contributed by atoms with Crippen molar-refractivity contribution in [3.05, 3.63) is 73.7 Å². The zero-order valence-electron chi connectivity index (χ0n) is 17.5. The van der Waals surface area contributed by atoms with E-state index in [1.165, 1.54) is 0 Å². The molecule has 0 radical (unpaired) electrons. The predicted molar refractivity (Wildman–Crippen MR) is 123 cm³/mol. The van der Waals surface area contributed by atoms with Gasteiger partial charge in [-0.15, -0.1) is 0 Å². The highest BCUT2D eigenvalue weighted by Gasteiger charge is 2.27. The van der Waals surface area contributed by atoms with E-state index in [9.17, 15) is 19.5 Å². The molecule has 2 amide bonds. The number of ether oxygens (including phenoxy) is 1. The number of carbonyl (C=O) groups is 2. The van der Waals surface area contributed by atoms with Gasteiger partial charge in [-0.25, -0.2) is 4.99 Å². The normalized spacial score (nSPS) is 15.3. The third kappa shape index (κ3) is 3.94. The van der Waals surface area contributed by atoms with E-state index in [1.807, 2.05) is 18.2 Å². The van der Waals surface area contributed by atoms with Crippen molar-refractivity contribution in [3.8, 4) is 5.88 Å². The number of anilines is 2. The summed E-state index contributed by atoms with van der Waals surface area (Å²) in [6.45, 7) is 2.24. The molecule has 1 fully saturated rings. The number of aromatic nitrogens is 1. The van der Waals surface area contributed by atoms with Crippen LogP contribution in [-0.2, 0) is 20.9 Å². The molecule has 5 rings (SSSR count). The van der Waals surface area contributed by atoms with E-state index in [1.54, 1.807) is 30.3 Å². The number of morpholine rings is 1. The number of fused-ring (bicyclic) bond motifs is 1. The maximum Gasteiger partial charge on any atom is 0.311 e. The summed E-state index contributed by atoms with van der Waals surface area (Å²) in [6.07, 6.45) is 0. The zero-order valence-corrected chi connectivity index (χ0v) is 18.3. The Labute approximate surface area is 191 Å². The number of rotatable bonds is 5. The lowest BCUT2D eigenvalue weighted by Crippen LogP contribution is -2.37. The summed E-state index contributed by atoms with van der Waals surface area (Å²) in [4.78, 5) is 43.5. The maximum atomic E-state index is 12.8. The van der Waals surface area contributed by atoms with Crippen LogP contribution in [0.3, 0.4) is 0 Å². The van der Waals surface area contributed by atoms with Crippen molar-refractivity contribution in [2.45, 2.75) is 6.54 Å². The largest absolute Gasteiger partial charge is 0.493 e. The van der Waals surface area contributed by atoms with Gasteiger partial charge in [0.15, 0.2) is 0 Å². The molecule has 168 valence electrons. The number of benzene rings is 2. The Balaban J connectivity index is 1.42. The van der Waals surface area contributed by atoms with E-state index in [2.05, 4.69) is 15.2 Å². The molecule has 0 spiro atoms. The van der Waals surface area contributed by atoms with E-state index in [4.69, 9.17) is 4.74 Å².